The van der Waals surface area contributed by atoms with Gasteiger partial charge in [-0.25, -0.2) is 0 Å². The molecule has 1 fully saturated rings. The average molecular weight is 209 g/mol. The lowest BCUT2D eigenvalue weighted by Crippen LogP contribution is -2.46. The van der Waals surface area contributed by atoms with Crippen molar-refractivity contribution in [3.8, 4) is 6.07 Å². The summed E-state index contributed by atoms with van der Waals surface area (Å²) >= 11 is 0. The molecular formula is C13H23NO. The fraction of sp³-hybridized carbons (Fsp3) is 0.923. The Kier molecular flexibility index (Phi) is 4.60. The van der Waals surface area contributed by atoms with Gasteiger partial charge in [-0.05, 0) is 25.2 Å². The van der Waals surface area contributed by atoms with Crippen molar-refractivity contribution in [2.24, 2.45) is 11.8 Å². The molecule has 0 aromatic heterocycles. The quantitative estimate of drug-likeness (QED) is 0.772. The predicted octanol–water partition coefficient (Wildman–Crippen LogP) is 3.26. The smallest absolute Gasteiger partial charge is 0.0833 e. The molecule has 0 saturated heterocycles. The van der Waals surface area contributed by atoms with Gasteiger partial charge in [-0.15, -0.1) is 0 Å². The minimum atomic E-state index is -0.697. The van der Waals surface area contributed by atoms with E-state index in [1.165, 1.54) is 6.42 Å². The first-order chi connectivity index (χ1) is 7.19. The van der Waals surface area contributed by atoms with Crippen LogP contribution in [0.3, 0.4) is 0 Å². The van der Waals surface area contributed by atoms with Crippen LogP contribution in [0.1, 0.15) is 58.8 Å². The molecule has 0 heterocycles. The van der Waals surface area contributed by atoms with Crippen molar-refractivity contribution in [1.29, 1.82) is 5.26 Å². The normalized spacial score (nSPS) is 33.3. The lowest BCUT2D eigenvalue weighted by atomic mass is 9.67. The van der Waals surface area contributed by atoms with Crippen LogP contribution in [0, 0.1) is 23.2 Å². The molecule has 0 amide bonds. The average Bonchev–Trinajstić information content (AvgIpc) is 2.26. The minimum absolute atomic E-state index is 0.159. The number of rotatable bonds is 4. The van der Waals surface area contributed by atoms with Gasteiger partial charge in [0.2, 0.25) is 0 Å². The third-order valence-corrected chi connectivity index (χ3v) is 3.92. The molecule has 3 atom stereocenters. The Morgan fingerprint density at radius 1 is 1.47 bits per heavy atom. The Balaban J connectivity index is 2.79. The Bertz CT molecular complexity index is 233. The van der Waals surface area contributed by atoms with Crippen LogP contribution in [0.15, 0.2) is 0 Å². The minimum Gasteiger partial charge on any atom is -0.388 e. The first kappa shape index (κ1) is 12.5. The van der Waals surface area contributed by atoms with Gasteiger partial charge < -0.3 is 5.11 Å². The second kappa shape index (κ2) is 5.51. The zero-order valence-corrected chi connectivity index (χ0v) is 10.00. The van der Waals surface area contributed by atoms with Crippen molar-refractivity contribution in [3.63, 3.8) is 0 Å². The molecule has 0 aromatic carbocycles. The highest BCUT2D eigenvalue weighted by molar-refractivity contribution is 5.03. The van der Waals surface area contributed by atoms with Crippen LogP contribution in [0.4, 0.5) is 0 Å². The molecule has 2 nitrogen and oxygen atoms in total. The summed E-state index contributed by atoms with van der Waals surface area (Å²) in [5.74, 6) is 0.176. The molecule has 86 valence electrons. The van der Waals surface area contributed by atoms with E-state index >= 15 is 0 Å². The summed E-state index contributed by atoms with van der Waals surface area (Å²) in [5, 5.41) is 19.9. The number of nitrogens with zero attached hydrogens (tertiary/aromatic N) is 1. The molecule has 0 aliphatic heterocycles. The van der Waals surface area contributed by atoms with Crippen molar-refractivity contribution in [3.05, 3.63) is 0 Å². The van der Waals surface area contributed by atoms with Gasteiger partial charge in [-0.3, -0.25) is 0 Å². The van der Waals surface area contributed by atoms with Gasteiger partial charge in [0, 0.05) is 0 Å². The second-order valence-corrected chi connectivity index (χ2v) is 4.81. The lowest BCUT2D eigenvalue weighted by Gasteiger charge is -2.42. The Labute approximate surface area is 93.3 Å². The lowest BCUT2D eigenvalue weighted by molar-refractivity contribution is -0.0821. The highest BCUT2D eigenvalue weighted by Crippen LogP contribution is 2.42. The molecule has 2 heteroatoms. The van der Waals surface area contributed by atoms with Crippen LogP contribution in [-0.2, 0) is 0 Å². The van der Waals surface area contributed by atoms with Crippen molar-refractivity contribution < 1.29 is 5.11 Å². The van der Waals surface area contributed by atoms with E-state index in [2.05, 4.69) is 19.9 Å². The Hall–Kier alpha value is -0.550. The summed E-state index contributed by atoms with van der Waals surface area (Å²) in [5.41, 5.74) is -0.697. The summed E-state index contributed by atoms with van der Waals surface area (Å²) in [7, 11) is 0. The molecule has 0 spiro atoms. The van der Waals surface area contributed by atoms with Crippen molar-refractivity contribution in [1.82, 2.24) is 0 Å². The molecule has 0 radical (unpaired) electrons. The topological polar surface area (TPSA) is 44.0 Å². The molecule has 1 aliphatic rings. The number of aliphatic hydroxyl groups is 1. The summed E-state index contributed by atoms with van der Waals surface area (Å²) in [6.07, 6.45) is 7.03. The van der Waals surface area contributed by atoms with Gasteiger partial charge in [0.25, 0.3) is 0 Å². The summed E-state index contributed by atoms with van der Waals surface area (Å²) in [6.45, 7) is 4.21. The van der Waals surface area contributed by atoms with Gasteiger partial charge in [0.15, 0.2) is 0 Å². The number of hydrogen-bond acceptors (Lipinski definition) is 2. The first-order valence-electron chi connectivity index (χ1n) is 6.31. The maximum absolute atomic E-state index is 10.7. The number of nitriles is 1. The van der Waals surface area contributed by atoms with E-state index in [1.54, 1.807) is 0 Å². The van der Waals surface area contributed by atoms with Crippen LogP contribution in [0.2, 0.25) is 0 Å². The van der Waals surface area contributed by atoms with Crippen molar-refractivity contribution >= 4 is 0 Å². The molecular weight excluding hydrogens is 186 g/mol. The van der Waals surface area contributed by atoms with Crippen LogP contribution < -0.4 is 0 Å². The van der Waals surface area contributed by atoms with E-state index in [0.29, 0.717) is 5.92 Å². The van der Waals surface area contributed by atoms with E-state index in [4.69, 9.17) is 0 Å². The Morgan fingerprint density at radius 3 is 2.73 bits per heavy atom. The summed E-state index contributed by atoms with van der Waals surface area (Å²) < 4.78 is 0. The van der Waals surface area contributed by atoms with E-state index < -0.39 is 5.60 Å². The molecule has 1 saturated carbocycles. The second-order valence-electron chi connectivity index (χ2n) is 4.81. The fourth-order valence-electron chi connectivity index (χ4n) is 2.98. The number of hydrogen-bond donors (Lipinski definition) is 1. The standard InChI is InChI=1S/C13H23NO/c1-3-7-12(10-14)13(15)9-6-5-8-11(13)4-2/h11-12,15H,3-9H2,1-2H3. The van der Waals surface area contributed by atoms with Crippen LogP contribution in [0.25, 0.3) is 0 Å². The maximum atomic E-state index is 10.7. The van der Waals surface area contributed by atoms with Crippen LogP contribution >= 0.6 is 0 Å². The molecule has 1 rings (SSSR count). The Morgan fingerprint density at radius 2 is 2.20 bits per heavy atom. The monoisotopic (exact) mass is 209 g/mol. The SMILES string of the molecule is CCCC(C#N)C1(O)CCCCC1CC. The van der Waals surface area contributed by atoms with E-state index in [9.17, 15) is 10.4 Å². The van der Waals surface area contributed by atoms with E-state index in [0.717, 1.165) is 38.5 Å². The molecule has 0 aromatic rings. The highest BCUT2D eigenvalue weighted by atomic mass is 16.3. The summed E-state index contributed by atoms with van der Waals surface area (Å²) in [6, 6.07) is 2.33. The molecule has 1 N–H and O–H groups in total. The van der Waals surface area contributed by atoms with Gasteiger partial charge in [-0.2, -0.15) is 5.26 Å². The van der Waals surface area contributed by atoms with E-state index in [-0.39, 0.29) is 5.92 Å². The molecule has 15 heavy (non-hydrogen) atoms. The highest BCUT2D eigenvalue weighted by Gasteiger charge is 2.43. The zero-order valence-electron chi connectivity index (χ0n) is 10.00. The van der Waals surface area contributed by atoms with Gasteiger partial charge in [0.05, 0.1) is 17.6 Å². The zero-order chi connectivity index (χ0) is 11.3. The molecule has 1 aliphatic carbocycles. The largest absolute Gasteiger partial charge is 0.388 e. The van der Waals surface area contributed by atoms with Gasteiger partial charge >= 0.3 is 0 Å². The van der Waals surface area contributed by atoms with Gasteiger partial charge in [-0.1, -0.05) is 39.5 Å². The van der Waals surface area contributed by atoms with Crippen LogP contribution in [-0.4, -0.2) is 10.7 Å². The summed E-state index contributed by atoms with van der Waals surface area (Å²) in [4.78, 5) is 0. The third kappa shape index (κ3) is 2.52. The molecule has 0 bridgehead atoms. The maximum Gasteiger partial charge on any atom is 0.0833 e. The van der Waals surface area contributed by atoms with E-state index in [1.807, 2.05) is 0 Å². The molecule has 3 unspecified atom stereocenters. The third-order valence-electron chi connectivity index (χ3n) is 3.92. The predicted molar refractivity (Wildman–Crippen MR) is 61.2 cm³/mol. The fourth-order valence-corrected chi connectivity index (χ4v) is 2.98. The van der Waals surface area contributed by atoms with Crippen LogP contribution in [0.5, 0.6) is 0 Å². The van der Waals surface area contributed by atoms with Gasteiger partial charge in [0.1, 0.15) is 0 Å². The van der Waals surface area contributed by atoms with Crippen molar-refractivity contribution in [2.75, 3.05) is 0 Å². The van der Waals surface area contributed by atoms with Crippen molar-refractivity contribution in [2.45, 2.75) is 64.4 Å². The first-order valence-corrected chi connectivity index (χ1v) is 6.31.